The lowest BCUT2D eigenvalue weighted by Gasteiger charge is -2.15. The molecule has 0 fully saturated rings. The van der Waals surface area contributed by atoms with Gasteiger partial charge < -0.3 is 5.11 Å². The Hall–Kier alpha value is -1.19. The van der Waals surface area contributed by atoms with E-state index in [4.69, 9.17) is 0 Å². The van der Waals surface area contributed by atoms with Gasteiger partial charge in [-0.1, -0.05) is 34.1 Å². The van der Waals surface area contributed by atoms with Crippen molar-refractivity contribution in [2.45, 2.75) is 20.0 Å². The second-order valence-electron chi connectivity index (χ2n) is 4.41. The summed E-state index contributed by atoms with van der Waals surface area (Å²) in [5, 5.41) is 10.3. The predicted octanol–water partition coefficient (Wildman–Crippen LogP) is 4.29. The summed E-state index contributed by atoms with van der Waals surface area (Å²) in [6.07, 6.45) is -0.798. The maximum atomic E-state index is 13.5. The van der Waals surface area contributed by atoms with Gasteiger partial charge in [-0.25, -0.2) is 4.39 Å². The fourth-order valence-corrected chi connectivity index (χ4v) is 2.38. The Bertz CT molecular complexity index is 581. The molecule has 0 saturated heterocycles. The second-order valence-corrected chi connectivity index (χ2v) is 5.33. The number of rotatable bonds is 2. The van der Waals surface area contributed by atoms with Crippen LogP contribution in [-0.4, -0.2) is 5.11 Å². The Balaban J connectivity index is 2.41. The Kier molecular flexibility index (Phi) is 3.83. The van der Waals surface area contributed by atoms with E-state index < -0.39 is 6.10 Å². The van der Waals surface area contributed by atoms with Gasteiger partial charge in [-0.05, 0) is 54.3 Å². The van der Waals surface area contributed by atoms with E-state index >= 15 is 0 Å². The van der Waals surface area contributed by atoms with Crippen LogP contribution < -0.4 is 0 Å². The van der Waals surface area contributed by atoms with Crippen molar-refractivity contribution >= 4 is 15.9 Å². The molecule has 1 atom stereocenters. The molecule has 0 aromatic heterocycles. The maximum Gasteiger partial charge on any atom is 0.126 e. The van der Waals surface area contributed by atoms with E-state index in [1.165, 1.54) is 6.07 Å². The third kappa shape index (κ3) is 2.62. The molecule has 0 spiro atoms. The molecule has 0 aliphatic heterocycles. The standard InChI is InChI=1S/C15H14BrFO/c1-9-3-4-11(8-14(9)17)15(18)13-6-5-12(16)7-10(13)2/h3-8,15,18H,1-2H3. The van der Waals surface area contributed by atoms with Crippen LogP contribution in [0.25, 0.3) is 0 Å². The zero-order valence-electron chi connectivity index (χ0n) is 10.2. The van der Waals surface area contributed by atoms with Gasteiger partial charge in [-0.2, -0.15) is 0 Å². The van der Waals surface area contributed by atoms with Crippen molar-refractivity contribution in [3.63, 3.8) is 0 Å². The van der Waals surface area contributed by atoms with Gasteiger partial charge in [0.25, 0.3) is 0 Å². The minimum Gasteiger partial charge on any atom is -0.384 e. The number of aliphatic hydroxyl groups is 1. The van der Waals surface area contributed by atoms with Crippen molar-refractivity contribution in [2.24, 2.45) is 0 Å². The van der Waals surface area contributed by atoms with Crippen molar-refractivity contribution < 1.29 is 9.50 Å². The molecule has 0 radical (unpaired) electrons. The summed E-state index contributed by atoms with van der Waals surface area (Å²) in [4.78, 5) is 0. The number of benzene rings is 2. The van der Waals surface area contributed by atoms with Crippen molar-refractivity contribution in [2.75, 3.05) is 0 Å². The number of aryl methyl sites for hydroxylation is 2. The summed E-state index contributed by atoms with van der Waals surface area (Å²) < 4.78 is 14.5. The highest BCUT2D eigenvalue weighted by Crippen LogP contribution is 2.27. The van der Waals surface area contributed by atoms with Crippen LogP contribution in [0, 0.1) is 19.7 Å². The highest BCUT2D eigenvalue weighted by atomic mass is 79.9. The molecule has 1 N–H and O–H groups in total. The summed E-state index contributed by atoms with van der Waals surface area (Å²) in [5.41, 5.74) is 2.92. The normalized spacial score (nSPS) is 12.5. The van der Waals surface area contributed by atoms with E-state index in [1.54, 1.807) is 19.1 Å². The van der Waals surface area contributed by atoms with Gasteiger partial charge in [0, 0.05) is 4.47 Å². The molecule has 0 saturated carbocycles. The molecular weight excluding hydrogens is 295 g/mol. The molecule has 18 heavy (non-hydrogen) atoms. The first-order valence-electron chi connectivity index (χ1n) is 5.69. The number of halogens is 2. The molecule has 0 aliphatic rings. The topological polar surface area (TPSA) is 20.2 Å². The van der Waals surface area contributed by atoms with Gasteiger partial charge in [0.1, 0.15) is 11.9 Å². The molecule has 0 heterocycles. The SMILES string of the molecule is Cc1ccc(C(O)c2ccc(Br)cc2C)cc1F. The summed E-state index contributed by atoms with van der Waals surface area (Å²) in [6.45, 7) is 3.63. The van der Waals surface area contributed by atoms with Gasteiger partial charge in [-0.15, -0.1) is 0 Å². The number of hydrogen-bond donors (Lipinski definition) is 1. The Morgan fingerprint density at radius 3 is 2.39 bits per heavy atom. The fourth-order valence-electron chi connectivity index (χ4n) is 1.90. The van der Waals surface area contributed by atoms with Crippen LogP contribution in [0.2, 0.25) is 0 Å². The summed E-state index contributed by atoms with van der Waals surface area (Å²) in [5.74, 6) is -0.290. The van der Waals surface area contributed by atoms with Gasteiger partial charge in [-0.3, -0.25) is 0 Å². The van der Waals surface area contributed by atoms with E-state index in [0.29, 0.717) is 11.1 Å². The lowest BCUT2D eigenvalue weighted by atomic mass is 9.97. The molecular formula is C15H14BrFO. The summed E-state index contributed by atoms with van der Waals surface area (Å²) in [7, 11) is 0. The van der Waals surface area contributed by atoms with Crippen LogP contribution in [0.3, 0.4) is 0 Å². The minimum absolute atomic E-state index is 0.290. The molecule has 0 amide bonds. The zero-order valence-corrected chi connectivity index (χ0v) is 11.8. The molecule has 94 valence electrons. The van der Waals surface area contributed by atoms with Crippen molar-refractivity contribution in [3.05, 3.63) is 68.9 Å². The largest absolute Gasteiger partial charge is 0.384 e. The van der Waals surface area contributed by atoms with Gasteiger partial charge in [0.05, 0.1) is 0 Å². The van der Waals surface area contributed by atoms with Gasteiger partial charge in [0.2, 0.25) is 0 Å². The number of hydrogen-bond acceptors (Lipinski definition) is 1. The van der Waals surface area contributed by atoms with Crippen LogP contribution >= 0.6 is 15.9 Å². The Morgan fingerprint density at radius 2 is 1.78 bits per heavy atom. The highest BCUT2D eigenvalue weighted by Gasteiger charge is 2.14. The lowest BCUT2D eigenvalue weighted by molar-refractivity contribution is 0.219. The second kappa shape index (κ2) is 5.21. The maximum absolute atomic E-state index is 13.5. The first-order chi connectivity index (χ1) is 8.49. The molecule has 1 nitrogen and oxygen atoms in total. The molecule has 0 aliphatic carbocycles. The van der Waals surface area contributed by atoms with Crippen LogP contribution in [-0.2, 0) is 0 Å². The zero-order chi connectivity index (χ0) is 13.3. The van der Waals surface area contributed by atoms with Crippen molar-refractivity contribution in [1.82, 2.24) is 0 Å². The van der Waals surface area contributed by atoms with E-state index in [-0.39, 0.29) is 5.82 Å². The van der Waals surface area contributed by atoms with E-state index in [0.717, 1.165) is 15.6 Å². The van der Waals surface area contributed by atoms with E-state index in [1.807, 2.05) is 25.1 Å². The van der Waals surface area contributed by atoms with Crippen molar-refractivity contribution in [1.29, 1.82) is 0 Å². The average molecular weight is 309 g/mol. The first kappa shape index (κ1) is 13.2. The number of aliphatic hydroxyl groups excluding tert-OH is 1. The lowest BCUT2D eigenvalue weighted by Crippen LogP contribution is -2.03. The third-order valence-electron chi connectivity index (χ3n) is 3.04. The Labute approximate surface area is 114 Å². The minimum atomic E-state index is -0.798. The fraction of sp³-hybridized carbons (Fsp3) is 0.200. The molecule has 0 bridgehead atoms. The molecule has 2 aromatic rings. The van der Waals surface area contributed by atoms with Crippen LogP contribution in [0.15, 0.2) is 40.9 Å². The molecule has 2 aromatic carbocycles. The van der Waals surface area contributed by atoms with Crippen LogP contribution in [0.5, 0.6) is 0 Å². The third-order valence-corrected chi connectivity index (χ3v) is 3.53. The first-order valence-corrected chi connectivity index (χ1v) is 6.48. The highest BCUT2D eigenvalue weighted by molar-refractivity contribution is 9.10. The average Bonchev–Trinajstić information content (AvgIpc) is 2.32. The Morgan fingerprint density at radius 1 is 1.06 bits per heavy atom. The quantitative estimate of drug-likeness (QED) is 0.877. The van der Waals surface area contributed by atoms with Crippen molar-refractivity contribution in [3.8, 4) is 0 Å². The molecule has 2 rings (SSSR count). The van der Waals surface area contributed by atoms with Gasteiger partial charge in [0.15, 0.2) is 0 Å². The van der Waals surface area contributed by atoms with Crippen LogP contribution in [0.1, 0.15) is 28.4 Å². The van der Waals surface area contributed by atoms with E-state index in [2.05, 4.69) is 15.9 Å². The summed E-state index contributed by atoms with van der Waals surface area (Å²) >= 11 is 3.38. The van der Waals surface area contributed by atoms with E-state index in [9.17, 15) is 9.50 Å². The predicted molar refractivity (Wildman–Crippen MR) is 74.1 cm³/mol. The summed E-state index contributed by atoms with van der Waals surface area (Å²) in [6, 6.07) is 10.5. The molecule has 1 unspecified atom stereocenters. The smallest absolute Gasteiger partial charge is 0.126 e. The van der Waals surface area contributed by atoms with Gasteiger partial charge >= 0.3 is 0 Å². The molecule has 3 heteroatoms. The van der Waals surface area contributed by atoms with Crippen LogP contribution in [0.4, 0.5) is 4.39 Å². The monoisotopic (exact) mass is 308 g/mol.